The molecule has 0 saturated heterocycles. The number of pyridine rings is 1. The van der Waals surface area contributed by atoms with Gasteiger partial charge in [-0.3, -0.25) is 0 Å². The van der Waals surface area contributed by atoms with Crippen molar-refractivity contribution in [2.75, 3.05) is 0 Å². The van der Waals surface area contributed by atoms with Crippen LogP contribution in [-0.2, 0) is 35.8 Å². The van der Waals surface area contributed by atoms with E-state index in [1.807, 2.05) is 74.5 Å². The summed E-state index contributed by atoms with van der Waals surface area (Å²) in [4.78, 5) is 34.6. The van der Waals surface area contributed by atoms with Gasteiger partial charge in [-0.05, 0) is 79.6 Å². The van der Waals surface area contributed by atoms with Gasteiger partial charge in [0.25, 0.3) is 5.09 Å². The van der Waals surface area contributed by atoms with Crippen molar-refractivity contribution >= 4 is 51.1 Å². The lowest BCUT2D eigenvalue weighted by atomic mass is 10.0. The fraction of sp³-hybridized carbons (Fsp3) is 0.268. The predicted molar refractivity (Wildman–Crippen MR) is 206 cm³/mol. The number of hydrogen-bond acceptors (Lipinski definition) is 8. The van der Waals surface area contributed by atoms with Gasteiger partial charge in [0.15, 0.2) is 0 Å². The molecule has 0 N–H and O–H groups in total. The van der Waals surface area contributed by atoms with Crippen LogP contribution in [0, 0.1) is 10.1 Å². The topological polar surface area (TPSA) is 106 Å². The highest BCUT2D eigenvalue weighted by molar-refractivity contribution is 8.00. The summed E-state index contributed by atoms with van der Waals surface area (Å²) < 4.78 is 14.7. The zero-order valence-corrected chi connectivity index (χ0v) is 31.3. The lowest BCUT2D eigenvalue weighted by molar-refractivity contribution is -0.763. The summed E-state index contributed by atoms with van der Waals surface area (Å²) in [5.41, 5.74) is 4.70. The number of esters is 1. The van der Waals surface area contributed by atoms with E-state index in [2.05, 4.69) is 48.4 Å². The van der Waals surface area contributed by atoms with Crippen LogP contribution < -0.4 is 4.74 Å². The molecule has 0 bridgehead atoms. The maximum absolute atomic E-state index is 13.5. The maximum atomic E-state index is 13.5. The van der Waals surface area contributed by atoms with E-state index in [-0.39, 0.29) is 16.9 Å². The Morgan fingerprint density at radius 3 is 2.40 bits per heavy atom. The van der Waals surface area contributed by atoms with E-state index in [9.17, 15) is 14.9 Å². The Morgan fingerprint density at radius 1 is 0.885 bits per heavy atom. The van der Waals surface area contributed by atoms with Crippen LogP contribution in [0.5, 0.6) is 5.75 Å². The molecule has 2 aromatic heterocycles. The SMILES string of the molecule is CC(C)(Cc1c(SC(C)(C)C)c2cc(OCc3ccc4ccccc4n3)ccc2n1Cc1ccc(Cl)cc1)OC(=O)c1cccc(CO[N+](=O)[O-])c1. The summed E-state index contributed by atoms with van der Waals surface area (Å²) >= 11 is 8.01. The highest BCUT2D eigenvalue weighted by Crippen LogP contribution is 2.44. The van der Waals surface area contributed by atoms with Crippen LogP contribution in [-0.4, -0.2) is 31.0 Å². The van der Waals surface area contributed by atoms with Crippen molar-refractivity contribution in [3.05, 3.63) is 146 Å². The lowest BCUT2D eigenvalue weighted by Gasteiger charge is -2.28. The minimum Gasteiger partial charge on any atom is -0.487 e. The maximum Gasteiger partial charge on any atom is 0.338 e. The van der Waals surface area contributed by atoms with Gasteiger partial charge in [0, 0.05) is 49.6 Å². The monoisotopic (exact) mass is 737 g/mol. The predicted octanol–water partition coefficient (Wildman–Crippen LogP) is 10.2. The summed E-state index contributed by atoms with van der Waals surface area (Å²) in [7, 11) is 0. The van der Waals surface area contributed by atoms with Gasteiger partial charge in [-0.25, -0.2) is 9.78 Å². The first kappa shape index (κ1) is 36.7. The second-order valence-electron chi connectivity index (χ2n) is 14.2. The molecule has 0 amide bonds. The summed E-state index contributed by atoms with van der Waals surface area (Å²) in [6.07, 6.45) is 0.404. The number of thioether (sulfide) groups is 1. The van der Waals surface area contributed by atoms with Crippen molar-refractivity contribution in [2.45, 2.75) is 76.0 Å². The summed E-state index contributed by atoms with van der Waals surface area (Å²) in [5.74, 6) is 0.191. The molecule has 4 aromatic carbocycles. The molecule has 268 valence electrons. The number of hydrogen-bond donors (Lipinski definition) is 0. The van der Waals surface area contributed by atoms with Crippen LogP contribution >= 0.6 is 23.4 Å². The zero-order valence-electron chi connectivity index (χ0n) is 29.7. The van der Waals surface area contributed by atoms with E-state index < -0.39 is 16.7 Å². The second kappa shape index (κ2) is 15.3. The van der Waals surface area contributed by atoms with Gasteiger partial charge in [-0.2, -0.15) is 0 Å². The Labute approximate surface area is 312 Å². The first-order valence-electron chi connectivity index (χ1n) is 16.9. The van der Waals surface area contributed by atoms with E-state index in [1.54, 1.807) is 36.0 Å². The number of nitrogens with zero attached hydrogens (tertiary/aromatic N) is 3. The fourth-order valence-electron chi connectivity index (χ4n) is 6.00. The van der Waals surface area contributed by atoms with Crippen molar-refractivity contribution in [2.24, 2.45) is 0 Å². The number of rotatable bonds is 13. The van der Waals surface area contributed by atoms with Crippen LogP contribution in [0.4, 0.5) is 0 Å². The lowest BCUT2D eigenvalue weighted by Crippen LogP contribution is -2.32. The first-order valence-corrected chi connectivity index (χ1v) is 18.1. The Morgan fingerprint density at radius 2 is 1.65 bits per heavy atom. The quantitative estimate of drug-likeness (QED) is 0.0499. The normalized spacial score (nSPS) is 11.9. The Hall–Kier alpha value is -5.06. The van der Waals surface area contributed by atoms with Crippen LogP contribution in [0.25, 0.3) is 21.8 Å². The van der Waals surface area contributed by atoms with Crippen LogP contribution in [0.2, 0.25) is 5.02 Å². The van der Waals surface area contributed by atoms with Gasteiger partial charge in [-0.15, -0.1) is 21.9 Å². The fourth-order valence-corrected chi connectivity index (χ4v) is 7.32. The minimum absolute atomic E-state index is 0.146. The third kappa shape index (κ3) is 9.23. The first-order chi connectivity index (χ1) is 24.7. The second-order valence-corrected chi connectivity index (χ2v) is 16.5. The van der Waals surface area contributed by atoms with Gasteiger partial charge in [0.2, 0.25) is 0 Å². The number of fused-ring (bicyclic) bond motifs is 2. The number of benzene rings is 4. The van der Waals surface area contributed by atoms with Gasteiger partial charge in [0.05, 0.1) is 16.8 Å². The van der Waals surface area contributed by atoms with Crippen molar-refractivity contribution in [3.63, 3.8) is 0 Å². The number of carbonyl (C=O) groups excluding carboxylic acids is 1. The molecule has 6 rings (SSSR count). The Balaban J connectivity index is 1.36. The standard InChI is InChI=1S/C41H40ClN3O6S/c1-40(2,3)52-38-34-22-33(49-26-32-18-15-29-10-6-7-12-35(29)43-32)19-20-36(34)44(24-27-13-16-31(42)17-14-27)37(38)23-41(4,5)51-39(46)30-11-8-9-28(21-30)25-50-45(47)48/h6-22H,23-26H2,1-5H3. The average Bonchev–Trinajstić information content (AvgIpc) is 3.35. The highest BCUT2D eigenvalue weighted by Gasteiger charge is 2.31. The van der Waals surface area contributed by atoms with E-state index in [4.69, 9.17) is 26.1 Å². The van der Waals surface area contributed by atoms with Gasteiger partial charge < -0.3 is 18.9 Å². The largest absolute Gasteiger partial charge is 0.487 e. The van der Waals surface area contributed by atoms with Gasteiger partial charge in [-0.1, -0.05) is 80.9 Å². The molecule has 2 heterocycles. The minimum atomic E-state index is -0.940. The molecule has 0 atom stereocenters. The number of carbonyl (C=O) groups is 1. The molecule has 0 spiro atoms. The third-order valence-corrected chi connectivity index (χ3v) is 9.78. The Bertz CT molecular complexity index is 2240. The summed E-state index contributed by atoms with van der Waals surface area (Å²) in [6.45, 7) is 10.9. The van der Waals surface area contributed by atoms with E-state index in [0.717, 1.165) is 49.4 Å². The highest BCUT2D eigenvalue weighted by atomic mass is 35.5. The Kier molecular flexibility index (Phi) is 10.8. The number of ether oxygens (including phenoxy) is 2. The number of para-hydroxylation sites is 1. The molecule has 0 aliphatic carbocycles. The van der Waals surface area contributed by atoms with E-state index in [0.29, 0.717) is 30.2 Å². The molecule has 0 radical (unpaired) electrons. The molecule has 11 heteroatoms. The van der Waals surface area contributed by atoms with Gasteiger partial charge in [0.1, 0.15) is 24.6 Å². The van der Waals surface area contributed by atoms with E-state index in [1.165, 1.54) is 0 Å². The smallest absolute Gasteiger partial charge is 0.338 e. The molecule has 9 nitrogen and oxygen atoms in total. The van der Waals surface area contributed by atoms with E-state index >= 15 is 0 Å². The van der Waals surface area contributed by atoms with Crippen LogP contribution in [0.15, 0.2) is 108 Å². The van der Waals surface area contributed by atoms with Crippen molar-refractivity contribution in [1.29, 1.82) is 0 Å². The molecule has 52 heavy (non-hydrogen) atoms. The molecule has 0 saturated carbocycles. The molecule has 0 unspecified atom stereocenters. The molecular formula is C41H40ClN3O6S. The molecule has 0 aliphatic rings. The zero-order chi connectivity index (χ0) is 37.0. The van der Waals surface area contributed by atoms with Crippen molar-refractivity contribution in [3.8, 4) is 5.75 Å². The van der Waals surface area contributed by atoms with Crippen molar-refractivity contribution < 1.29 is 24.2 Å². The van der Waals surface area contributed by atoms with Crippen molar-refractivity contribution in [1.82, 2.24) is 9.55 Å². The molecular weight excluding hydrogens is 698 g/mol. The summed E-state index contributed by atoms with van der Waals surface area (Å²) in [6, 6.07) is 32.5. The molecule has 0 fully saturated rings. The average molecular weight is 738 g/mol. The van der Waals surface area contributed by atoms with Gasteiger partial charge >= 0.3 is 5.97 Å². The van der Waals surface area contributed by atoms with Crippen LogP contribution in [0.1, 0.15) is 67.5 Å². The summed E-state index contributed by atoms with van der Waals surface area (Å²) in [5, 5.41) is 12.6. The third-order valence-electron chi connectivity index (χ3n) is 8.26. The van der Waals surface area contributed by atoms with Crippen LogP contribution in [0.3, 0.4) is 0 Å². The molecule has 0 aliphatic heterocycles. The number of halogens is 1. The molecule has 6 aromatic rings. The number of aromatic nitrogens is 2.